The van der Waals surface area contributed by atoms with Crippen molar-refractivity contribution >= 4 is 40.7 Å². The molecule has 1 heterocycles. The van der Waals surface area contributed by atoms with Crippen molar-refractivity contribution in [1.29, 1.82) is 0 Å². The van der Waals surface area contributed by atoms with E-state index in [1.54, 1.807) is 42.5 Å². The Balaban J connectivity index is 1.96. The average molecular weight is 394 g/mol. The Morgan fingerprint density at radius 2 is 1.65 bits per heavy atom. The molecule has 0 aliphatic rings. The van der Waals surface area contributed by atoms with Gasteiger partial charge in [0.25, 0.3) is 0 Å². The van der Waals surface area contributed by atoms with Gasteiger partial charge in [0.1, 0.15) is 0 Å². The van der Waals surface area contributed by atoms with Crippen molar-refractivity contribution in [2.75, 3.05) is 25.0 Å². The van der Waals surface area contributed by atoms with E-state index in [1.807, 2.05) is 12.1 Å². The van der Waals surface area contributed by atoms with E-state index in [9.17, 15) is 9.59 Å². The van der Waals surface area contributed by atoms with Crippen LogP contribution in [0.4, 0.5) is 5.69 Å². The summed E-state index contributed by atoms with van der Waals surface area (Å²) in [4.78, 5) is 31.5. The molecule has 0 spiro atoms. The summed E-state index contributed by atoms with van der Waals surface area (Å²) in [5, 5.41) is 0.761. The molecule has 0 aliphatic carbocycles. The molecule has 0 atom stereocenters. The van der Waals surface area contributed by atoms with Gasteiger partial charge >= 0.3 is 0 Å². The first kappa shape index (κ1) is 20.2. The summed E-state index contributed by atoms with van der Waals surface area (Å²) in [5.74, 6) is -0.263. The van der Waals surface area contributed by atoms with Crippen LogP contribution >= 0.6 is 23.2 Å². The standard InChI is InChI=1S/C19H21Cl2N3O2/c1-14(25)24(19-16(20)4-3-5-17(19)21)13-9-18(26)23(2)12-8-15-6-10-22-11-7-15/h3-7,10-11H,8-9,12-13H2,1-2H3. The van der Waals surface area contributed by atoms with Gasteiger partial charge in [0.2, 0.25) is 11.8 Å². The molecule has 0 saturated carbocycles. The lowest BCUT2D eigenvalue weighted by atomic mass is 10.2. The molecule has 26 heavy (non-hydrogen) atoms. The summed E-state index contributed by atoms with van der Waals surface area (Å²) < 4.78 is 0. The molecule has 0 N–H and O–H groups in total. The number of carbonyl (C=O) groups is 2. The Labute approximate surface area is 163 Å². The molecule has 0 radical (unpaired) electrons. The predicted molar refractivity (Wildman–Crippen MR) is 105 cm³/mol. The average Bonchev–Trinajstić information content (AvgIpc) is 2.62. The predicted octanol–water partition coefficient (Wildman–Crippen LogP) is 3.83. The Kier molecular flexibility index (Phi) is 7.42. The maximum atomic E-state index is 12.4. The smallest absolute Gasteiger partial charge is 0.224 e. The first-order valence-corrected chi connectivity index (χ1v) is 9.00. The third kappa shape index (κ3) is 5.44. The Morgan fingerprint density at radius 3 is 2.23 bits per heavy atom. The highest BCUT2D eigenvalue weighted by molar-refractivity contribution is 6.39. The number of aromatic nitrogens is 1. The van der Waals surface area contributed by atoms with Gasteiger partial charge in [-0.25, -0.2) is 0 Å². The zero-order valence-corrected chi connectivity index (χ0v) is 16.3. The fourth-order valence-corrected chi connectivity index (χ4v) is 3.14. The minimum Gasteiger partial charge on any atom is -0.345 e. The molecular formula is C19H21Cl2N3O2. The molecule has 0 saturated heterocycles. The lowest BCUT2D eigenvalue weighted by Gasteiger charge is -2.24. The van der Waals surface area contributed by atoms with Gasteiger partial charge in [0.05, 0.1) is 15.7 Å². The third-order valence-electron chi connectivity index (χ3n) is 4.05. The third-order valence-corrected chi connectivity index (χ3v) is 4.66. The van der Waals surface area contributed by atoms with Gasteiger partial charge in [-0.1, -0.05) is 29.3 Å². The maximum absolute atomic E-state index is 12.4. The number of rotatable bonds is 7. The van der Waals surface area contributed by atoms with Gasteiger partial charge in [0.15, 0.2) is 0 Å². The monoisotopic (exact) mass is 393 g/mol. The van der Waals surface area contributed by atoms with Crippen molar-refractivity contribution in [1.82, 2.24) is 9.88 Å². The molecule has 0 aliphatic heterocycles. The Hall–Kier alpha value is -2.11. The molecule has 2 rings (SSSR count). The summed E-state index contributed by atoms with van der Waals surface area (Å²) in [6.07, 6.45) is 4.40. The first-order chi connectivity index (χ1) is 12.4. The van der Waals surface area contributed by atoms with Crippen LogP contribution in [0.2, 0.25) is 10.0 Å². The molecular weight excluding hydrogens is 373 g/mol. The van der Waals surface area contributed by atoms with E-state index in [0.717, 1.165) is 12.0 Å². The Morgan fingerprint density at radius 1 is 1.04 bits per heavy atom. The molecule has 5 nitrogen and oxygen atoms in total. The topological polar surface area (TPSA) is 53.5 Å². The summed E-state index contributed by atoms with van der Waals surface area (Å²) in [5.41, 5.74) is 1.56. The number of anilines is 1. The number of amides is 2. The molecule has 1 aromatic heterocycles. The van der Waals surface area contributed by atoms with E-state index in [0.29, 0.717) is 22.3 Å². The van der Waals surface area contributed by atoms with E-state index in [-0.39, 0.29) is 24.8 Å². The number of hydrogen-bond donors (Lipinski definition) is 0. The summed E-state index contributed by atoms with van der Waals surface area (Å²) in [6.45, 7) is 2.24. The highest BCUT2D eigenvalue weighted by Gasteiger charge is 2.20. The summed E-state index contributed by atoms with van der Waals surface area (Å²) in [6, 6.07) is 8.90. The second-order valence-electron chi connectivity index (χ2n) is 5.91. The number of para-hydroxylation sites is 1. The second kappa shape index (κ2) is 9.55. The fraction of sp³-hybridized carbons (Fsp3) is 0.316. The van der Waals surface area contributed by atoms with Crippen LogP contribution in [-0.4, -0.2) is 41.8 Å². The van der Waals surface area contributed by atoms with Crippen LogP contribution in [0.3, 0.4) is 0 Å². The zero-order chi connectivity index (χ0) is 19.1. The van der Waals surface area contributed by atoms with Gasteiger partial charge < -0.3 is 9.80 Å². The van der Waals surface area contributed by atoms with Crippen molar-refractivity contribution in [2.45, 2.75) is 19.8 Å². The number of benzene rings is 1. The second-order valence-corrected chi connectivity index (χ2v) is 6.73. The van der Waals surface area contributed by atoms with Crippen LogP contribution in [0.5, 0.6) is 0 Å². The molecule has 0 fully saturated rings. The molecule has 0 bridgehead atoms. The van der Waals surface area contributed by atoms with Crippen LogP contribution in [0, 0.1) is 0 Å². The lowest BCUT2D eigenvalue weighted by molar-refractivity contribution is -0.129. The van der Waals surface area contributed by atoms with Gasteiger partial charge in [-0.05, 0) is 36.2 Å². The van der Waals surface area contributed by atoms with Gasteiger partial charge in [0, 0.05) is 45.9 Å². The quantitative estimate of drug-likeness (QED) is 0.717. The minimum absolute atomic E-state index is 0.0477. The van der Waals surface area contributed by atoms with Crippen molar-refractivity contribution in [3.8, 4) is 0 Å². The molecule has 2 aromatic rings. The summed E-state index contributed by atoms with van der Waals surface area (Å²) in [7, 11) is 1.75. The highest BCUT2D eigenvalue weighted by Crippen LogP contribution is 2.33. The minimum atomic E-state index is -0.216. The zero-order valence-electron chi connectivity index (χ0n) is 14.8. The Bertz CT molecular complexity index is 748. The largest absolute Gasteiger partial charge is 0.345 e. The molecule has 7 heteroatoms. The van der Waals surface area contributed by atoms with E-state index >= 15 is 0 Å². The van der Waals surface area contributed by atoms with E-state index in [2.05, 4.69) is 4.98 Å². The highest BCUT2D eigenvalue weighted by atomic mass is 35.5. The lowest BCUT2D eigenvalue weighted by Crippen LogP contribution is -2.35. The fourth-order valence-electron chi connectivity index (χ4n) is 2.54. The number of hydrogen-bond acceptors (Lipinski definition) is 3. The normalized spacial score (nSPS) is 10.5. The molecule has 1 aromatic carbocycles. The van der Waals surface area contributed by atoms with Gasteiger partial charge in [-0.2, -0.15) is 0 Å². The van der Waals surface area contributed by atoms with Crippen molar-refractivity contribution < 1.29 is 9.59 Å². The number of pyridine rings is 1. The number of halogens is 2. The van der Waals surface area contributed by atoms with Crippen LogP contribution < -0.4 is 4.90 Å². The van der Waals surface area contributed by atoms with Crippen LogP contribution in [0.1, 0.15) is 18.9 Å². The van der Waals surface area contributed by atoms with E-state index in [1.165, 1.54) is 11.8 Å². The van der Waals surface area contributed by atoms with Crippen LogP contribution in [0.25, 0.3) is 0 Å². The molecule has 2 amide bonds. The maximum Gasteiger partial charge on any atom is 0.224 e. The SMILES string of the molecule is CC(=O)N(CCC(=O)N(C)CCc1ccncc1)c1c(Cl)cccc1Cl. The van der Waals surface area contributed by atoms with Crippen LogP contribution in [-0.2, 0) is 16.0 Å². The first-order valence-electron chi connectivity index (χ1n) is 8.25. The van der Waals surface area contributed by atoms with Crippen molar-refractivity contribution in [2.24, 2.45) is 0 Å². The molecule has 0 unspecified atom stereocenters. The van der Waals surface area contributed by atoms with Gasteiger partial charge in [-0.3, -0.25) is 14.6 Å². The number of likely N-dealkylation sites (N-methyl/N-ethyl adjacent to an activating group) is 1. The number of nitrogens with zero attached hydrogens (tertiary/aromatic N) is 3. The summed E-state index contributed by atoms with van der Waals surface area (Å²) >= 11 is 12.4. The number of carbonyl (C=O) groups excluding carboxylic acids is 2. The van der Waals surface area contributed by atoms with E-state index < -0.39 is 0 Å². The van der Waals surface area contributed by atoms with Crippen molar-refractivity contribution in [3.63, 3.8) is 0 Å². The van der Waals surface area contributed by atoms with Crippen LogP contribution in [0.15, 0.2) is 42.7 Å². The van der Waals surface area contributed by atoms with Crippen molar-refractivity contribution in [3.05, 3.63) is 58.3 Å². The van der Waals surface area contributed by atoms with E-state index in [4.69, 9.17) is 23.2 Å². The van der Waals surface area contributed by atoms with Gasteiger partial charge in [-0.15, -0.1) is 0 Å². The molecule has 138 valence electrons.